The second-order valence-corrected chi connectivity index (χ2v) is 10.6. The van der Waals surface area contributed by atoms with Gasteiger partial charge >= 0.3 is 11.9 Å². The Bertz CT molecular complexity index is 1360. The summed E-state index contributed by atoms with van der Waals surface area (Å²) in [5.74, 6) is -1.50. The van der Waals surface area contributed by atoms with E-state index in [4.69, 9.17) is 19.9 Å². The third kappa shape index (κ3) is 8.32. The summed E-state index contributed by atoms with van der Waals surface area (Å²) < 4.78 is 16.3. The van der Waals surface area contributed by atoms with Crippen LogP contribution in [0.1, 0.15) is 48.3 Å². The molecule has 0 heterocycles. The highest BCUT2D eigenvalue weighted by Crippen LogP contribution is 2.44. The van der Waals surface area contributed by atoms with Crippen LogP contribution >= 0.6 is 0 Å². The van der Waals surface area contributed by atoms with E-state index in [9.17, 15) is 14.4 Å². The van der Waals surface area contributed by atoms with Gasteiger partial charge in [-0.25, -0.2) is 4.79 Å². The van der Waals surface area contributed by atoms with Crippen LogP contribution in [0.2, 0.25) is 0 Å². The van der Waals surface area contributed by atoms with Crippen molar-refractivity contribution < 1.29 is 28.6 Å². The van der Waals surface area contributed by atoms with Crippen LogP contribution in [0.25, 0.3) is 11.1 Å². The molecule has 8 heteroatoms. The van der Waals surface area contributed by atoms with Gasteiger partial charge in [-0.15, -0.1) is 0 Å². The number of rotatable bonds is 16. The fourth-order valence-electron chi connectivity index (χ4n) is 5.47. The van der Waals surface area contributed by atoms with Gasteiger partial charge in [0.05, 0.1) is 13.5 Å². The number of benzene rings is 3. The van der Waals surface area contributed by atoms with Crippen molar-refractivity contribution in [1.29, 1.82) is 0 Å². The average molecular weight is 585 g/mol. The van der Waals surface area contributed by atoms with Crippen molar-refractivity contribution in [2.75, 3.05) is 26.9 Å². The molecule has 4 rings (SSSR count). The Kier molecular flexibility index (Phi) is 11.5. The zero-order valence-corrected chi connectivity index (χ0v) is 24.6. The first-order valence-electron chi connectivity index (χ1n) is 14.7. The Labute approximate surface area is 253 Å². The molecule has 3 aromatic carbocycles. The number of methoxy groups -OCH3 is 1. The zero-order valence-electron chi connectivity index (χ0n) is 24.6. The summed E-state index contributed by atoms with van der Waals surface area (Å²) in [7, 11) is 1.28. The summed E-state index contributed by atoms with van der Waals surface area (Å²) in [5, 5.41) is 2.82. The van der Waals surface area contributed by atoms with E-state index in [0.29, 0.717) is 31.7 Å². The van der Waals surface area contributed by atoms with Crippen molar-refractivity contribution in [3.63, 3.8) is 0 Å². The van der Waals surface area contributed by atoms with Crippen molar-refractivity contribution in [3.8, 4) is 16.9 Å². The Morgan fingerprint density at radius 2 is 1.60 bits per heavy atom. The molecule has 0 radical (unpaired) electrons. The molecule has 226 valence electrons. The molecule has 1 amide bonds. The lowest BCUT2D eigenvalue weighted by Crippen LogP contribution is -2.46. The zero-order chi connectivity index (χ0) is 30.6. The molecule has 3 N–H and O–H groups in total. The lowest BCUT2D eigenvalue weighted by molar-refractivity contribution is -0.148. The summed E-state index contributed by atoms with van der Waals surface area (Å²) in [6, 6.07) is 22.6. The fourth-order valence-corrected chi connectivity index (χ4v) is 5.47. The van der Waals surface area contributed by atoms with Crippen LogP contribution < -0.4 is 15.8 Å². The monoisotopic (exact) mass is 584 g/mol. The number of amides is 1. The van der Waals surface area contributed by atoms with E-state index < -0.39 is 29.8 Å². The van der Waals surface area contributed by atoms with E-state index in [2.05, 4.69) is 36.2 Å². The van der Waals surface area contributed by atoms with Crippen LogP contribution in [0.3, 0.4) is 0 Å². The lowest BCUT2D eigenvalue weighted by Gasteiger charge is -2.22. The number of nitrogens with two attached hydrogens (primary N) is 1. The van der Waals surface area contributed by atoms with E-state index in [-0.39, 0.29) is 25.4 Å². The van der Waals surface area contributed by atoms with Gasteiger partial charge in [-0.05, 0) is 59.3 Å². The molecular formula is C35H40N2O6. The summed E-state index contributed by atoms with van der Waals surface area (Å²) in [4.78, 5) is 39.2. The first kappa shape index (κ1) is 31.5. The number of carbonyl (C=O) groups excluding carboxylic acids is 3. The Balaban J connectivity index is 1.41. The second kappa shape index (κ2) is 15.7. The minimum Gasteiger partial charge on any atom is -0.490 e. The highest BCUT2D eigenvalue weighted by atomic mass is 16.5. The van der Waals surface area contributed by atoms with Gasteiger partial charge in [0.2, 0.25) is 5.91 Å². The van der Waals surface area contributed by atoms with Crippen molar-refractivity contribution in [1.82, 2.24) is 5.32 Å². The summed E-state index contributed by atoms with van der Waals surface area (Å²) in [6.07, 6.45) is 3.60. The van der Waals surface area contributed by atoms with Crippen LogP contribution in [0, 0.1) is 5.92 Å². The number of fused-ring (bicyclic) bond motifs is 3. The van der Waals surface area contributed by atoms with E-state index in [1.807, 2.05) is 36.4 Å². The molecule has 0 saturated carbocycles. The summed E-state index contributed by atoms with van der Waals surface area (Å²) >= 11 is 0. The van der Waals surface area contributed by atoms with Gasteiger partial charge in [-0.1, -0.05) is 79.7 Å². The highest BCUT2D eigenvalue weighted by Gasteiger charge is 2.31. The largest absolute Gasteiger partial charge is 0.490 e. The molecule has 0 unspecified atom stereocenters. The number of nitrogens with one attached hydrogen (secondary N) is 1. The van der Waals surface area contributed by atoms with Crippen LogP contribution in [-0.4, -0.2) is 50.8 Å². The predicted molar refractivity (Wildman–Crippen MR) is 165 cm³/mol. The molecule has 0 saturated heterocycles. The summed E-state index contributed by atoms with van der Waals surface area (Å²) in [5.41, 5.74) is 11.0. The van der Waals surface area contributed by atoms with E-state index >= 15 is 0 Å². The van der Waals surface area contributed by atoms with Crippen molar-refractivity contribution in [2.45, 2.75) is 44.1 Å². The smallest absolute Gasteiger partial charge is 0.328 e. The molecule has 3 aromatic rings. The standard InChI is InChI=1S/C35H40N2O6/c1-3-20-42-26-17-15-24(16-18-26)21-32(35(40)41-2)37-34(39)25(10-8-9-19-36)22-33(38)43-23-31-29-13-6-4-11-27(29)28-12-5-7-14-30(28)31/h3-7,11-18,25,31-32H,1,8-10,19-23,36H2,2H3,(H,37,39)/t25-,32+/m1/s1. The molecular weight excluding hydrogens is 544 g/mol. The number of ether oxygens (including phenoxy) is 3. The maximum Gasteiger partial charge on any atom is 0.328 e. The molecule has 0 spiro atoms. The predicted octanol–water partition coefficient (Wildman–Crippen LogP) is 4.94. The molecule has 43 heavy (non-hydrogen) atoms. The fraction of sp³-hybridized carbons (Fsp3) is 0.343. The summed E-state index contributed by atoms with van der Waals surface area (Å²) in [6.45, 7) is 4.69. The van der Waals surface area contributed by atoms with Gasteiger partial charge in [0.25, 0.3) is 0 Å². The quantitative estimate of drug-likeness (QED) is 0.139. The van der Waals surface area contributed by atoms with E-state index in [0.717, 1.165) is 34.2 Å². The van der Waals surface area contributed by atoms with Crippen molar-refractivity contribution in [3.05, 3.63) is 102 Å². The van der Waals surface area contributed by atoms with Gasteiger partial charge in [0.1, 0.15) is 25.0 Å². The van der Waals surface area contributed by atoms with Gasteiger partial charge < -0.3 is 25.3 Å². The molecule has 1 aliphatic carbocycles. The Morgan fingerprint density at radius 1 is 0.953 bits per heavy atom. The normalized spacial score (nSPS) is 13.3. The topological polar surface area (TPSA) is 117 Å². The SMILES string of the molecule is C=CCOc1ccc(C[C@H](NC(=O)[C@H](CCCCN)CC(=O)OCC2c3ccccc3-c3ccccc32)C(=O)OC)cc1. The third-order valence-corrected chi connectivity index (χ3v) is 7.70. The first-order chi connectivity index (χ1) is 20.9. The van der Waals surface area contributed by atoms with Crippen molar-refractivity contribution >= 4 is 17.8 Å². The number of esters is 2. The minimum atomic E-state index is -0.919. The van der Waals surface area contributed by atoms with Gasteiger partial charge in [0.15, 0.2) is 0 Å². The molecule has 1 aliphatic rings. The van der Waals surface area contributed by atoms with Crippen LogP contribution in [0.5, 0.6) is 5.75 Å². The molecule has 8 nitrogen and oxygen atoms in total. The van der Waals surface area contributed by atoms with Gasteiger partial charge in [-0.2, -0.15) is 0 Å². The van der Waals surface area contributed by atoms with Gasteiger partial charge in [-0.3, -0.25) is 9.59 Å². The Morgan fingerprint density at radius 3 is 2.21 bits per heavy atom. The van der Waals surface area contributed by atoms with Crippen LogP contribution in [0.15, 0.2) is 85.5 Å². The Hall–Kier alpha value is -4.43. The van der Waals surface area contributed by atoms with Gasteiger partial charge in [0, 0.05) is 18.3 Å². The third-order valence-electron chi connectivity index (χ3n) is 7.70. The molecule has 0 aliphatic heterocycles. The number of unbranched alkanes of at least 4 members (excludes halogenated alkanes) is 1. The minimum absolute atomic E-state index is 0.0712. The average Bonchev–Trinajstić information content (AvgIpc) is 3.35. The second-order valence-electron chi connectivity index (χ2n) is 10.6. The van der Waals surface area contributed by atoms with E-state index in [1.54, 1.807) is 18.2 Å². The molecule has 0 bridgehead atoms. The maximum absolute atomic E-state index is 13.5. The van der Waals surface area contributed by atoms with E-state index in [1.165, 1.54) is 7.11 Å². The molecule has 2 atom stereocenters. The number of carbonyl (C=O) groups is 3. The van der Waals surface area contributed by atoms with Crippen molar-refractivity contribution in [2.24, 2.45) is 11.7 Å². The highest BCUT2D eigenvalue weighted by molar-refractivity contribution is 5.88. The maximum atomic E-state index is 13.5. The van der Waals surface area contributed by atoms with Crippen LogP contribution in [-0.2, 0) is 30.3 Å². The molecule has 0 fully saturated rings. The lowest BCUT2D eigenvalue weighted by atomic mass is 9.95. The van der Waals surface area contributed by atoms with Crippen LogP contribution in [0.4, 0.5) is 0 Å². The molecule has 0 aromatic heterocycles. The number of hydrogen-bond acceptors (Lipinski definition) is 7. The first-order valence-corrected chi connectivity index (χ1v) is 14.7. The number of hydrogen-bond donors (Lipinski definition) is 2.